The number of carbonyl (C=O) groups is 1. The lowest BCUT2D eigenvalue weighted by atomic mass is 9.82. The Morgan fingerprint density at radius 1 is 1.13 bits per heavy atom. The molecule has 1 aliphatic heterocycles. The fraction of sp³-hybridized carbons (Fsp3) is 0.391. The SMILES string of the molecule is Cc1ccc([C@@H](C/C(=N/O)C2CCC(=O)N(C)C2)c2ccc(S(C)(=O)=O)cc2)cc1. The molecule has 2 atom stereocenters. The standard InChI is InChI=1S/C23H28N2O4S/c1-16-4-6-17(7-5-16)21(18-8-11-20(12-9-18)30(3,28)29)14-22(24-27)19-10-13-23(26)25(2)15-19/h4-9,11-12,19,21,27H,10,13-15H2,1-3H3/b24-22-/t19?,21-/m1/s1. The zero-order chi connectivity index (χ0) is 21.9. The zero-order valence-electron chi connectivity index (χ0n) is 17.6. The van der Waals surface area contributed by atoms with Gasteiger partial charge in [-0.25, -0.2) is 8.42 Å². The van der Waals surface area contributed by atoms with Crippen molar-refractivity contribution >= 4 is 21.5 Å². The lowest BCUT2D eigenvalue weighted by Crippen LogP contribution is -2.40. The van der Waals surface area contributed by atoms with Crippen LogP contribution < -0.4 is 0 Å². The van der Waals surface area contributed by atoms with E-state index < -0.39 is 9.84 Å². The molecule has 1 saturated heterocycles. The van der Waals surface area contributed by atoms with E-state index in [9.17, 15) is 18.4 Å². The Hall–Kier alpha value is -2.67. The van der Waals surface area contributed by atoms with Gasteiger partial charge in [0.2, 0.25) is 5.91 Å². The molecule has 2 aromatic rings. The minimum atomic E-state index is -3.27. The molecule has 0 aromatic heterocycles. The maximum atomic E-state index is 11.8. The van der Waals surface area contributed by atoms with E-state index in [1.165, 1.54) is 6.26 Å². The summed E-state index contributed by atoms with van der Waals surface area (Å²) in [5.41, 5.74) is 3.82. The van der Waals surface area contributed by atoms with Gasteiger partial charge in [-0.1, -0.05) is 47.1 Å². The number of carbonyl (C=O) groups excluding carboxylic acids is 1. The summed E-state index contributed by atoms with van der Waals surface area (Å²) in [4.78, 5) is 13.8. The monoisotopic (exact) mass is 428 g/mol. The van der Waals surface area contributed by atoms with Crippen molar-refractivity contribution < 1.29 is 18.4 Å². The van der Waals surface area contributed by atoms with Gasteiger partial charge < -0.3 is 10.1 Å². The Labute approximate surface area is 178 Å². The predicted molar refractivity (Wildman–Crippen MR) is 117 cm³/mol. The van der Waals surface area contributed by atoms with E-state index in [0.717, 1.165) is 16.7 Å². The van der Waals surface area contributed by atoms with E-state index in [2.05, 4.69) is 17.3 Å². The molecule has 0 bridgehead atoms. The molecular formula is C23H28N2O4S. The summed E-state index contributed by atoms with van der Waals surface area (Å²) in [6, 6.07) is 15.1. The number of hydrogen-bond donors (Lipinski definition) is 1. The van der Waals surface area contributed by atoms with Crippen molar-refractivity contribution in [2.75, 3.05) is 19.8 Å². The first-order chi connectivity index (χ1) is 14.2. The summed E-state index contributed by atoms with van der Waals surface area (Å²) in [6.45, 7) is 2.56. The van der Waals surface area contributed by atoms with Gasteiger partial charge in [-0.2, -0.15) is 0 Å². The highest BCUT2D eigenvalue weighted by Gasteiger charge is 2.29. The molecule has 0 radical (unpaired) electrons. The van der Waals surface area contributed by atoms with Crippen LogP contribution in [0.15, 0.2) is 58.6 Å². The molecule has 1 unspecified atom stereocenters. The third-order valence-corrected chi connectivity index (χ3v) is 6.96. The lowest BCUT2D eigenvalue weighted by Gasteiger charge is -2.31. The molecule has 2 aromatic carbocycles. The first-order valence-electron chi connectivity index (χ1n) is 10.0. The largest absolute Gasteiger partial charge is 0.411 e. The number of piperidine rings is 1. The van der Waals surface area contributed by atoms with Crippen LogP contribution >= 0.6 is 0 Å². The van der Waals surface area contributed by atoms with Gasteiger partial charge in [-0.05, 0) is 36.6 Å². The molecule has 1 N–H and O–H groups in total. The Kier molecular flexibility index (Phi) is 6.61. The van der Waals surface area contributed by atoms with Crippen molar-refractivity contribution in [2.45, 2.75) is 37.0 Å². The second kappa shape index (κ2) is 9.00. The molecule has 0 saturated carbocycles. The van der Waals surface area contributed by atoms with Crippen molar-refractivity contribution in [2.24, 2.45) is 11.1 Å². The van der Waals surface area contributed by atoms with Gasteiger partial charge in [0.25, 0.3) is 0 Å². The van der Waals surface area contributed by atoms with Gasteiger partial charge in [0.05, 0.1) is 10.6 Å². The minimum Gasteiger partial charge on any atom is -0.411 e. The Bertz CT molecular complexity index is 1030. The van der Waals surface area contributed by atoms with Gasteiger partial charge in [-0.3, -0.25) is 4.79 Å². The molecule has 1 heterocycles. The summed E-state index contributed by atoms with van der Waals surface area (Å²) >= 11 is 0. The van der Waals surface area contributed by atoms with Crippen LogP contribution in [0.2, 0.25) is 0 Å². The minimum absolute atomic E-state index is 0.000871. The molecule has 6 nitrogen and oxygen atoms in total. The number of rotatable bonds is 6. The number of sulfone groups is 1. The normalized spacial score (nSPS) is 19.0. The van der Waals surface area contributed by atoms with Gasteiger partial charge >= 0.3 is 0 Å². The highest BCUT2D eigenvalue weighted by atomic mass is 32.2. The van der Waals surface area contributed by atoms with E-state index in [1.54, 1.807) is 24.1 Å². The molecule has 1 aliphatic rings. The average Bonchev–Trinajstić information content (AvgIpc) is 2.71. The van der Waals surface area contributed by atoms with Crippen molar-refractivity contribution in [1.82, 2.24) is 4.90 Å². The van der Waals surface area contributed by atoms with Crippen LogP contribution in [0.5, 0.6) is 0 Å². The maximum absolute atomic E-state index is 11.8. The van der Waals surface area contributed by atoms with E-state index in [1.807, 2.05) is 31.2 Å². The van der Waals surface area contributed by atoms with Crippen molar-refractivity contribution in [3.63, 3.8) is 0 Å². The second-order valence-electron chi connectivity index (χ2n) is 8.11. The summed E-state index contributed by atoms with van der Waals surface area (Å²) in [7, 11) is -1.50. The van der Waals surface area contributed by atoms with Crippen molar-refractivity contribution in [3.8, 4) is 0 Å². The van der Waals surface area contributed by atoms with Crippen LogP contribution in [0, 0.1) is 12.8 Å². The number of benzene rings is 2. The Balaban J connectivity index is 1.93. The van der Waals surface area contributed by atoms with Crippen LogP contribution in [0.25, 0.3) is 0 Å². The molecule has 1 fully saturated rings. The van der Waals surface area contributed by atoms with Crippen molar-refractivity contribution in [3.05, 3.63) is 65.2 Å². The third kappa shape index (κ3) is 5.08. The molecule has 0 aliphatic carbocycles. The number of nitrogens with zero attached hydrogens (tertiary/aromatic N) is 2. The van der Waals surface area contributed by atoms with Gasteiger partial charge in [0.15, 0.2) is 9.84 Å². The summed E-state index contributed by atoms with van der Waals surface area (Å²) in [6.07, 6.45) is 2.79. The quantitative estimate of drug-likeness (QED) is 0.432. The molecule has 0 spiro atoms. The maximum Gasteiger partial charge on any atom is 0.222 e. The van der Waals surface area contributed by atoms with Gasteiger partial charge in [-0.15, -0.1) is 0 Å². The Morgan fingerprint density at radius 3 is 2.20 bits per heavy atom. The number of amides is 1. The fourth-order valence-electron chi connectivity index (χ4n) is 3.96. The number of oxime groups is 1. The Morgan fingerprint density at radius 2 is 1.70 bits per heavy atom. The molecular weight excluding hydrogens is 400 g/mol. The molecule has 3 rings (SSSR count). The molecule has 30 heavy (non-hydrogen) atoms. The van der Waals surface area contributed by atoms with Crippen LogP contribution in [-0.4, -0.2) is 50.0 Å². The topological polar surface area (TPSA) is 87.0 Å². The highest BCUT2D eigenvalue weighted by Crippen LogP contribution is 2.32. The van der Waals surface area contributed by atoms with Crippen LogP contribution in [-0.2, 0) is 14.6 Å². The molecule has 1 amide bonds. The van der Waals surface area contributed by atoms with E-state index in [-0.39, 0.29) is 22.6 Å². The van der Waals surface area contributed by atoms with Gasteiger partial charge in [0.1, 0.15) is 0 Å². The predicted octanol–water partition coefficient (Wildman–Crippen LogP) is 3.62. The average molecular weight is 429 g/mol. The first-order valence-corrected chi connectivity index (χ1v) is 11.9. The summed E-state index contributed by atoms with van der Waals surface area (Å²) in [5.74, 6) is 0.0176. The summed E-state index contributed by atoms with van der Waals surface area (Å²) in [5, 5.41) is 13.4. The smallest absolute Gasteiger partial charge is 0.222 e. The fourth-order valence-corrected chi connectivity index (χ4v) is 4.59. The lowest BCUT2D eigenvalue weighted by molar-refractivity contribution is -0.132. The van der Waals surface area contributed by atoms with Crippen LogP contribution in [0.3, 0.4) is 0 Å². The van der Waals surface area contributed by atoms with Crippen molar-refractivity contribution in [1.29, 1.82) is 0 Å². The van der Waals surface area contributed by atoms with E-state index in [0.29, 0.717) is 31.5 Å². The molecule has 160 valence electrons. The second-order valence-corrected chi connectivity index (χ2v) is 10.1. The van der Waals surface area contributed by atoms with E-state index in [4.69, 9.17) is 0 Å². The molecule has 7 heteroatoms. The van der Waals surface area contributed by atoms with Crippen LogP contribution in [0.1, 0.15) is 41.9 Å². The van der Waals surface area contributed by atoms with E-state index >= 15 is 0 Å². The first kappa shape index (κ1) is 22.0. The van der Waals surface area contributed by atoms with Gasteiger partial charge in [0, 0.05) is 44.5 Å². The van der Waals surface area contributed by atoms with Crippen LogP contribution in [0.4, 0.5) is 0 Å². The highest BCUT2D eigenvalue weighted by molar-refractivity contribution is 7.90. The number of hydrogen-bond acceptors (Lipinski definition) is 5. The third-order valence-electron chi connectivity index (χ3n) is 5.83. The zero-order valence-corrected chi connectivity index (χ0v) is 18.4. The number of aryl methyl sites for hydroxylation is 1. The summed E-state index contributed by atoms with van der Waals surface area (Å²) < 4.78 is 23.7. The number of likely N-dealkylation sites (tertiary alicyclic amines) is 1.